The van der Waals surface area contributed by atoms with Gasteiger partial charge in [0.2, 0.25) is 0 Å². The lowest BCUT2D eigenvalue weighted by molar-refractivity contribution is 0.101. The molecule has 0 aliphatic carbocycles. The number of aromatic nitrogens is 1. The quantitative estimate of drug-likeness (QED) is 0.863. The number of carbonyl (C=O) groups excluding carboxylic acids is 2. The fourth-order valence-corrected chi connectivity index (χ4v) is 2.00. The van der Waals surface area contributed by atoms with Crippen LogP contribution in [-0.2, 0) is 0 Å². The van der Waals surface area contributed by atoms with Crippen LogP contribution in [0, 0.1) is 6.92 Å². The molecule has 1 N–H and O–H groups in total. The lowest BCUT2D eigenvalue weighted by Crippen LogP contribution is -2.12. The third-order valence-corrected chi connectivity index (χ3v) is 3.10. The van der Waals surface area contributed by atoms with E-state index in [1.165, 1.54) is 18.5 Å². The molecule has 0 unspecified atom stereocenters. The van der Waals surface area contributed by atoms with Crippen molar-refractivity contribution in [3.8, 4) is 0 Å². The molecule has 1 heterocycles. The molecule has 0 fully saturated rings. The minimum absolute atomic E-state index is 0.00278. The summed E-state index contributed by atoms with van der Waals surface area (Å²) >= 11 is 1.29. The maximum Gasteiger partial charge on any atom is 0.275 e. The van der Waals surface area contributed by atoms with E-state index in [1.807, 2.05) is 6.92 Å². The zero-order chi connectivity index (χ0) is 13.1. The number of nitrogens with zero attached hydrogens (tertiary/aromatic N) is 1. The van der Waals surface area contributed by atoms with Gasteiger partial charge in [0.15, 0.2) is 5.78 Å². The minimum Gasteiger partial charge on any atom is -0.321 e. The maximum atomic E-state index is 11.8. The van der Waals surface area contributed by atoms with Gasteiger partial charge in [-0.25, -0.2) is 0 Å². The zero-order valence-corrected chi connectivity index (χ0v) is 10.9. The summed E-state index contributed by atoms with van der Waals surface area (Å²) in [6, 6.07) is 8.51. The normalized spacial score (nSPS) is 10.1. The van der Waals surface area contributed by atoms with Gasteiger partial charge in [0.1, 0.15) is 5.69 Å². The van der Waals surface area contributed by atoms with Gasteiger partial charge in [-0.1, -0.05) is 0 Å². The molecular weight excluding hydrogens is 248 g/mol. The van der Waals surface area contributed by atoms with E-state index in [-0.39, 0.29) is 11.7 Å². The van der Waals surface area contributed by atoms with E-state index in [2.05, 4.69) is 9.69 Å². The molecule has 2 rings (SSSR count). The van der Waals surface area contributed by atoms with Crippen molar-refractivity contribution in [3.05, 3.63) is 46.5 Å². The van der Waals surface area contributed by atoms with Crippen LogP contribution in [0.2, 0.25) is 0 Å². The molecular formula is C13H12N2O2S. The molecule has 4 nitrogen and oxygen atoms in total. The van der Waals surface area contributed by atoms with Gasteiger partial charge in [0.05, 0.1) is 0 Å². The molecule has 0 radical (unpaired) electrons. The molecule has 0 saturated heterocycles. The van der Waals surface area contributed by atoms with Crippen LogP contribution in [0.5, 0.6) is 0 Å². The third-order valence-electron chi connectivity index (χ3n) is 2.41. The van der Waals surface area contributed by atoms with Crippen LogP contribution in [-0.4, -0.2) is 16.1 Å². The molecule has 1 aromatic heterocycles. The second-order valence-corrected chi connectivity index (χ2v) is 4.92. The van der Waals surface area contributed by atoms with Crippen molar-refractivity contribution in [3.63, 3.8) is 0 Å². The number of rotatable bonds is 3. The number of Topliss-reactive ketones (excluding diaryl/α,β-unsaturated/α-hetero) is 1. The summed E-state index contributed by atoms with van der Waals surface area (Å²) in [5, 5.41) is 2.73. The molecule has 2 aromatic rings. The Kier molecular flexibility index (Phi) is 3.53. The molecule has 0 bridgehead atoms. The third kappa shape index (κ3) is 2.81. The fraction of sp³-hybridized carbons (Fsp3) is 0.154. The lowest BCUT2D eigenvalue weighted by atomic mass is 10.1. The molecule has 0 aliphatic rings. The van der Waals surface area contributed by atoms with Crippen LogP contribution < -0.4 is 5.32 Å². The van der Waals surface area contributed by atoms with Crippen molar-refractivity contribution in [2.45, 2.75) is 13.8 Å². The first kappa shape index (κ1) is 12.4. The molecule has 0 saturated carbocycles. The number of amides is 1. The number of ketones is 1. The Bertz CT molecular complexity index is 587. The van der Waals surface area contributed by atoms with Gasteiger partial charge in [-0.2, -0.15) is 4.37 Å². The van der Waals surface area contributed by atoms with Crippen molar-refractivity contribution in [1.82, 2.24) is 4.37 Å². The van der Waals surface area contributed by atoms with E-state index >= 15 is 0 Å². The molecule has 18 heavy (non-hydrogen) atoms. The summed E-state index contributed by atoms with van der Waals surface area (Å²) in [4.78, 5) is 23.9. The van der Waals surface area contributed by atoms with Gasteiger partial charge in [0.25, 0.3) is 5.91 Å². The van der Waals surface area contributed by atoms with Crippen LogP contribution in [0.25, 0.3) is 0 Å². The van der Waals surface area contributed by atoms with Crippen molar-refractivity contribution in [1.29, 1.82) is 0 Å². The second-order valence-electron chi connectivity index (χ2n) is 3.91. The van der Waals surface area contributed by atoms with Crippen molar-refractivity contribution in [2.24, 2.45) is 0 Å². The first-order valence-corrected chi connectivity index (χ1v) is 6.19. The van der Waals surface area contributed by atoms with E-state index in [1.54, 1.807) is 30.3 Å². The van der Waals surface area contributed by atoms with Crippen molar-refractivity contribution < 1.29 is 9.59 Å². The van der Waals surface area contributed by atoms with Gasteiger partial charge in [0, 0.05) is 16.1 Å². The highest BCUT2D eigenvalue weighted by Gasteiger charge is 2.09. The smallest absolute Gasteiger partial charge is 0.275 e. The summed E-state index contributed by atoms with van der Waals surface area (Å²) < 4.78 is 4.03. The zero-order valence-electron chi connectivity index (χ0n) is 10.1. The molecule has 92 valence electrons. The Morgan fingerprint density at radius 2 is 1.89 bits per heavy atom. The average molecular weight is 260 g/mol. The SMILES string of the molecule is CC(=O)c1ccc(NC(=O)c2cc(C)sn2)cc1. The molecule has 0 atom stereocenters. The first-order valence-electron chi connectivity index (χ1n) is 5.42. The Morgan fingerprint density at radius 1 is 1.22 bits per heavy atom. The maximum absolute atomic E-state index is 11.8. The number of aryl methyl sites for hydroxylation is 1. The number of hydrogen-bond acceptors (Lipinski definition) is 4. The Balaban J connectivity index is 2.10. The minimum atomic E-state index is -0.241. The van der Waals surface area contributed by atoms with E-state index in [4.69, 9.17) is 0 Å². The van der Waals surface area contributed by atoms with E-state index in [0.717, 1.165) is 4.88 Å². The van der Waals surface area contributed by atoms with Crippen molar-refractivity contribution >= 4 is 28.9 Å². The molecule has 0 spiro atoms. The molecule has 5 heteroatoms. The first-order chi connectivity index (χ1) is 8.56. The standard InChI is InChI=1S/C13H12N2O2S/c1-8-7-12(15-18-8)13(17)14-11-5-3-10(4-6-11)9(2)16/h3-7H,1-2H3,(H,14,17). The number of anilines is 1. The molecule has 1 amide bonds. The van der Waals surface area contributed by atoms with E-state index in [0.29, 0.717) is 16.9 Å². The van der Waals surface area contributed by atoms with Gasteiger partial charge in [-0.05, 0) is 55.7 Å². The summed E-state index contributed by atoms with van der Waals surface area (Å²) in [7, 11) is 0. The predicted octanol–water partition coefficient (Wildman–Crippen LogP) is 2.91. The summed E-state index contributed by atoms with van der Waals surface area (Å²) in [6.45, 7) is 3.40. The topological polar surface area (TPSA) is 59.1 Å². The van der Waals surface area contributed by atoms with Gasteiger partial charge < -0.3 is 5.32 Å². The number of nitrogens with one attached hydrogen (secondary N) is 1. The van der Waals surface area contributed by atoms with Crippen LogP contribution in [0.3, 0.4) is 0 Å². The highest BCUT2D eigenvalue weighted by atomic mass is 32.1. The highest BCUT2D eigenvalue weighted by Crippen LogP contribution is 2.13. The largest absolute Gasteiger partial charge is 0.321 e. The van der Waals surface area contributed by atoms with Gasteiger partial charge >= 0.3 is 0 Å². The fourth-order valence-electron chi connectivity index (χ4n) is 1.46. The Labute approximate surface area is 109 Å². The van der Waals surface area contributed by atoms with E-state index < -0.39 is 0 Å². The highest BCUT2D eigenvalue weighted by molar-refractivity contribution is 7.05. The lowest BCUT2D eigenvalue weighted by Gasteiger charge is -2.03. The summed E-state index contributed by atoms with van der Waals surface area (Å²) in [5.41, 5.74) is 1.68. The van der Waals surface area contributed by atoms with Crippen LogP contribution in [0.15, 0.2) is 30.3 Å². The van der Waals surface area contributed by atoms with Crippen LogP contribution >= 0.6 is 11.5 Å². The van der Waals surface area contributed by atoms with Gasteiger partial charge in [-0.3, -0.25) is 9.59 Å². The van der Waals surface area contributed by atoms with Gasteiger partial charge in [-0.15, -0.1) is 0 Å². The number of benzene rings is 1. The molecule has 0 aliphatic heterocycles. The molecule has 1 aromatic carbocycles. The summed E-state index contributed by atoms with van der Waals surface area (Å²) in [5.74, 6) is -0.238. The Hall–Kier alpha value is -2.01. The van der Waals surface area contributed by atoms with Crippen molar-refractivity contribution in [2.75, 3.05) is 5.32 Å². The van der Waals surface area contributed by atoms with Crippen LogP contribution in [0.1, 0.15) is 32.6 Å². The average Bonchev–Trinajstić information content (AvgIpc) is 2.76. The summed E-state index contributed by atoms with van der Waals surface area (Å²) in [6.07, 6.45) is 0. The number of hydrogen-bond donors (Lipinski definition) is 1. The van der Waals surface area contributed by atoms with Crippen LogP contribution in [0.4, 0.5) is 5.69 Å². The second kappa shape index (κ2) is 5.10. The monoisotopic (exact) mass is 260 g/mol. The Morgan fingerprint density at radius 3 is 2.39 bits per heavy atom. The number of carbonyl (C=O) groups is 2. The predicted molar refractivity (Wildman–Crippen MR) is 71.3 cm³/mol. The van der Waals surface area contributed by atoms with E-state index in [9.17, 15) is 9.59 Å².